The van der Waals surface area contributed by atoms with Crippen molar-refractivity contribution in [1.82, 2.24) is 9.38 Å². The van der Waals surface area contributed by atoms with Crippen LogP contribution in [0.2, 0.25) is 0 Å². The van der Waals surface area contributed by atoms with Gasteiger partial charge in [-0.15, -0.1) is 0 Å². The van der Waals surface area contributed by atoms with Gasteiger partial charge >= 0.3 is 5.97 Å². The topological polar surface area (TPSA) is 43.6 Å². The Morgan fingerprint density at radius 3 is 2.94 bits per heavy atom. The number of esters is 1. The number of hydrogen-bond donors (Lipinski definition) is 0. The maximum Gasteiger partial charge on any atom is 0.339 e. The van der Waals surface area contributed by atoms with Crippen molar-refractivity contribution in [1.29, 1.82) is 0 Å². The molecule has 0 atom stereocenters. The summed E-state index contributed by atoms with van der Waals surface area (Å²) in [5.41, 5.74) is 2.47. The molecular weight excluding hydrogens is 284 g/mol. The van der Waals surface area contributed by atoms with E-state index in [-0.39, 0.29) is 5.97 Å². The minimum Gasteiger partial charge on any atom is -0.465 e. The molecule has 2 heterocycles. The molecular formula is C12H11BrN2O2. The lowest BCUT2D eigenvalue weighted by Gasteiger charge is -2.01. The number of hydrogen-bond acceptors (Lipinski definition) is 3. The molecule has 1 saturated carbocycles. The van der Waals surface area contributed by atoms with Crippen LogP contribution in [0.5, 0.6) is 0 Å². The van der Waals surface area contributed by atoms with Crippen molar-refractivity contribution in [3.05, 3.63) is 34.2 Å². The normalized spacial score (nSPS) is 15.2. The summed E-state index contributed by atoms with van der Waals surface area (Å²) >= 11 is 3.44. The molecule has 0 aromatic carbocycles. The zero-order chi connectivity index (χ0) is 12.0. The second-order valence-corrected chi connectivity index (χ2v) is 5.09. The molecule has 0 saturated heterocycles. The van der Waals surface area contributed by atoms with Crippen LogP contribution in [-0.4, -0.2) is 22.5 Å². The Balaban J connectivity index is 2.14. The van der Waals surface area contributed by atoms with E-state index in [0.29, 0.717) is 11.5 Å². The van der Waals surface area contributed by atoms with Gasteiger partial charge in [0.2, 0.25) is 0 Å². The number of carbonyl (C=O) groups excluding carboxylic acids is 1. The lowest BCUT2D eigenvalue weighted by molar-refractivity contribution is 0.0600. The first-order valence-corrected chi connectivity index (χ1v) is 6.25. The van der Waals surface area contributed by atoms with Crippen LogP contribution in [0.3, 0.4) is 0 Å². The number of aromatic nitrogens is 2. The highest BCUT2D eigenvalue weighted by atomic mass is 79.9. The highest BCUT2D eigenvalue weighted by molar-refractivity contribution is 9.10. The smallest absolute Gasteiger partial charge is 0.339 e. The summed E-state index contributed by atoms with van der Waals surface area (Å²) in [7, 11) is 1.38. The Labute approximate surface area is 107 Å². The van der Waals surface area contributed by atoms with Gasteiger partial charge in [0.15, 0.2) is 5.65 Å². The molecule has 88 valence electrons. The van der Waals surface area contributed by atoms with Gasteiger partial charge in [0.25, 0.3) is 0 Å². The number of ether oxygens (including phenoxy) is 1. The molecule has 2 aromatic rings. The van der Waals surface area contributed by atoms with Crippen LogP contribution in [0.15, 0.2) is 22.9 Å². The molecule has 0 N–H and O–H groups in total. The molecule has 1 fully saturated rings. The van der Waals surface area contributed by atoms with Crippen LogP contribution in [0, 0.1) is 0 Å². The molecule has 0 spiro atoms. The molecule has 5 heteroatoms. The van der Waals surface area contributed by atoms with E-state index in [2.05, 4.69) is 20.9 Å². The molecule has 1 aliphatic carbocycles. The highest BCUT2D eigenvalue weighted by Gasteiger charge is 2.26. The highest BCUT2D eigenvalue weighted by Crippen LogP contribution is 2.39. The molecule has 3 rings (SSSR count). The van der Waals surface area contributed by atoms with Gasteiger partial charge in [-0.05, 0) is 34.8 Å². The summed E-state index contributed by atoms with van der Waals surface area (Å²) in [6.45, 7) is 0. The zero-order valence-electron chi connectivity index (χ0n) is 9.31. The van der Waals surface area contributed by atoms with Crippen molar-refractivity contribution in [2.24, 2.45) is 0 Å². The molecule has 0 radical (unpaired) electrons. The lowest BCUT2D eigenvalue weighted by Crippen LogP contribution is -2.03. The fraction of sp³-hybridized carbons (Fsp3) is 0.333. The predicted molar refractivity (Wildman–Crippen MR) is 66.2 cm³/mol. The fourth-order valence-electron chi connectivity index (χ4n) is 1.88. The van der Waals surface area contributed by atoms with Crippen molar-refractivity contribution in [2.45, 2.75) is 18.8 Å². The Bertz CT molecular complexity index is 602. The van der Waals surface area contributed by atoms with Crippen LogP contribution in [0.1, 0.15) is 34.8 Å². The third-order valence-corrected chi connectivity index (χ3v) is 3.53. The number of fused-ring (bicyclic) bond motifs is 1. The van der Waals surface area contributed by atoms with Gasteiger partial charge in [0, 0.05) is 18.3 Å². The first-order chi connectivity index (χ1) is 8.19. The molecule has 0 bridgehead atoms. The second kappa shape index (κ2) is 3.84. The van der Waals surface area contributed by atoms with Gasteiger partial charge < -0.3 is 9.14 Å². The predicted octanol–water partition coefficient (Wildman–Crippen LogP) is 2.76. The molecule has 4 nitrogen and oxygen atoms in total. The summed E-state index contributed by atoms with van der Waals surface area (Å²) < 4.78 is 7.40. The van der Waals surface area contributed by atoms with Crippen molar-refractivity contribution >= 4 is 27.5 Å². The molecule has 2 aromatic heterocycles. The number of rotatable bonds is 2. The molecule has 0 unspecified atom stereocenters. The summed E-state index contributed by atoms with van der Waals surface area (Å²) in [6, 6.07) is 1.74. The Kier molecular flexibility index (Phi) is 2.43. The van der Waals surface area contributed by atoms with E-state index in [4.69, 9.17) is 4.74 Å². The lowest BCUT2D eigenvalue weighted by atomic mass is 10.3. The average molecular weight is 295 g/mol. The Morgan fingerprint density at radius 1 is 1.53 bits per heavy atom. The van der Waals surface area contributed by atoms with Crippen LogP contribution in [0.25, 0.3) is 5.65 Å². The molecule has 17 heavy (non-hydrogen) atoms. The summed E-state index contributed by atoms with van der Waals surface area (Å²) in [5, 5.41) is 0. The fourth-order valence-corrected chi connectivity index (χ4v) is 2.42. The first-order valence-electron chi connectivity index (χ1n) is 5.45. The largest absolute Gasteiger partial charge is 0.465 e. The minimum atomic E-state index is -0.339. The Morgan fingerprint density at radius 2 is 2.29 bits per heavy atom. The number of imidazole rings is 1. The van der Waals surface area contributed by atoms with Gasteiger partial charge in [-0.3, -0.25) is 0 Å². The summed E-state index contributed by atoms with van der Waals surface area (Å²) in [4.78, 5) is 16.1. The average Bonchev–Trinajstić information content (AvgIpc) is 3.08. The van der Waals surface area contributed by atoms with E-state index in [1.54, 1.807) is 12.3 Å². The minimum absolute atomic E-state index is 0.339. The summed E-state index contributed by atoms with van der Waals surface area (Å²) in [5.74, 6) is 0.262. The van der Waals surface area contributed by atoms with E-state index in [0.717, 1.165) is 15.8 Å². The second-order valence-electron chi connectivity index (χ2n) is 4.24. The van der Waals surface area contributed by atoms with Crippen LogP contribution >= 0.6 is 15.9 Å². The van der Waals surface area contributed by atoms with Gasteiger partial charge in [-0.2, -0.15) is 0 Å². The van der Waals surface area contributed by atoms with Crippen molar-refractivity contribution in [2.75, 3.05) is 7.11 Å². The third kappa shape index (κ3) is 1.84. The maximum absolute atomic E-state index is 11.5. The number of methoxy groups -OCH3 is 1. The number of halogens is 1. The number of pyridine rings is 1. The van der Waals surface area contributed by atoms with E-state index >= 15 is 0 Å². The third-order valence-electron chi connectivity index (χ3n) is 2.94. The van der Waals surface area contributed by atoms with E-state index in [1.165, 1.54) is 20.0 Å². The van der Waals surface area contributed by atoms with E-state index in [9.17, 15) is 4.79 Å². The van der Waals surface area contributed by atoms with Gasteiger partial charge in [0.1, 0.15) is 0 Å². The monoisotopic (exact) mass is 294 g/mol. The Hall–Kier alpha value is -1.36. The zero-order valence-corrected chi connectivity index (χ0v) is 10.9. The van der Waals surface area contributed by atoms with Gasteiger partial charge in [-0.25, -0.2) is 9.78 Å². The summed E-state index contributed by atoms with van der Waals surface area (Å²) in [6.07, 6.45) is 6.17. The van der Waals surface area contributed by atoms with Crippen LogP contribution in [0.4, 0.5) is 0 Å². The van der Waals surface area contributed by atoms with Gasteiger partial charge in [0.05, 0.1) is 22.8 Å². The molecule has 0 aliphatic heterocycles. The maximum atomic E-state index is 11.5. The standard InChI is InChI=1S/C12H11BrN2O2/c1-17-12(16)8-4-9(13)11-14-10(7-2-3-7)6-15(11)5-8/h4-7H,2-3H2,1H3. The number of carbonyl (C=O) groups is 1. The van der Waals surface area contributed by atoms with Crippen molar-refractivity contribution in [3.8, 4) is 0 Å². The van der Waals surface area contributed by atoms with Gasteiger partial charge in [-0.1, -0.05) is 0 Å². The molecule has 1 aliphatic rings. The number of nitrogens with zero attached hydrogens (tertiary/aromatic N) is 2. The quantitative estimate of drug-likeness (QED) is 0.800. The van der Waals surface area contributed by atoms with Crippen LogP contribution in [-0.2, 0) is 4.74 Å². The van der Waals surface area contributed by atoms with E-state index in [1.807, 2.05) is 10.6 Å². The van der Waals surface area contributed by atoms with Crippen molar-refractivity contribution in [3.63, 3.8) is 0 Å². The first kappa shape index (κ1) is 10.8. The van der Waals surface area contributed by atoms with Crippen LogP contribution < -0.4 is 0 Å². The SMILES string of the molecule is COC(=O)c1cc(Br)c2nc(C3CC3)cn2c1. The van der Waals surface area contributed by atoms with E-state index < -0.39 is 0 Å². The van der Waals surface area contributed by atoms with Crippen molar-refractivity contribution < 1.29 is 9.53 Å². The molecule has 0 amide bonds.